The van der Waals surface area contributed by atoms with Crippen LogP contribution in [-0.2, 0) is 4.74 Å². The van der Waals surface area contributed by atoms with Gasteiger partial charge in [-0.1, -0.05) is 0 Å². The Bertz CT molecular complexity index is 200. The van der Waals surface area contributed by atoms with Gasteiger partial charge in [0.2, 0.25) is 0 Å². The summed E-state index contributed by atoms with van der Waals surface area (Å²) in [6, 6.07) is 0. The lowest BCUT2D eigenvalue weighted by Gasteiger charge is -2.28. The summed E-state index contributed by atoms with van der Waals surface area (Å²) < 4.78 is 5.12. The zero-order chi connectivity index (χ0) is 13.6. The SMILES string of the molecule is CC(C)OC[C@@H](O)[C@@H](O)[C@H](O)C(O)CN(C)C. The number of aliphatic hydroxyl groups excluding tert-OH is 4. The van der Waals surface area contributed by atoms with Gasteiger partial charge in [-0.25, -0.2) is 0 Å². The van der Waals surface area contributed by atoms with Crippen molar-refractivity contribution in [2.45, 2.75) is 44.4 Å². The van der Waals surface area contributed by atoms with Gasteiger partial charge in [0.05, 0.1) is 18.8 Å². The molecule has 0 aliphatic heterocycles. The second kappa shape index (κ2) is 7.97. The monoisotopic (exact) mass is 251 g/mol. The molecule has 0 aliphatic rings. The Labute approximate surface area is 102 Å². The fourth-order valence-electron chi connectivity index (χ4n) is 1.33. The number of nitrogens with zero attached hydrogens (tertiary/aromatic N) is 1. The molecular weight excluding hydrogens is 226 g/mol. The molecule has 6 heteroatoms. The van der Waals surface area contributed by atoms with Crippen LogP contribution in [0, 0.1) is 0 Å². The number of hydrogen-bond donors (Lipinski definition) is 4. The highest BCUT2D eigenvalue weighted by Gasteiger charge is 2.30. The molecule has 0 rings (SSSR count). The zero-order valence-corrected chi connectivity index (χ0v) is 10.9. The number of ether oxygens (including phenoxy) is 1. The molecule has 0 bridgehead atoms. The molecule has 0 fully saturated rings. The van der Waals surface area contributed by atoms with Crippen molar-refractivity contribution in [1.29, 1.82) is 0 Å². The topological polar surface area (TPSA) is 93.4 Å². The van der Waals surface area contributed by atoms with Gasteiger partial charge in [-0.05, 0) is 27.9 Å². The molecule has 0 saturated heterocycles. The van der Waals surface area contributed by atoms with E-state index >= 15 is 0 Å². The Morgan fingerprint density at radius 1 is 0.941 bits per heavy atom. The molecule has 0 heterocycles. The third kappa shape index (κ3) is 6.92. The number of likely N-dealkylation sites (N-methyl/N-ethyl adjacent to an activating group) is 1. The van der Waals surface area contributed by atoms with E-state index in [-0.39, 0.29) is 19.3 Å². The smallest absolute Gasteiger partial charge is 0.111 e. The summed E-state index contributed by atoms with van der Waals surface area (Å²) in [5.74, 6) is 0. The largest absolute Gasteiger partial charge is 0.389 e. The lowest BCUT2D eigenvalue weighted by atomic mass is 10.0. The highest BCUT2D eigenvalue weighted by Crippen LogP contribution is 2.07. The minimum Gasteiger partial charge on any atom is -0.389 e. The average molecular weight is 251 g/mol. The highest BCUT2D eigenvalue weighted by molar-refractivity contribution is 4.81. The molecule has 0 aromatic heterocycles. The van der Waals surface area contributed by atoms with E-state index in [1.54, 1.807) is 32.8 Å². The van der Waals surface area contributed by atoms with Crippen molar-refractivity contribution in [2.24, 2.45) is 0 Å². The summed E-state index contributed by atoms with van der Waals surface area (Å²) in [6.07, 6.45) is -5.23. The Kier molecular flexibility index (Phi) is 7.85. The highest BCUT2D eigenvalue weighted by atomic mass is 16.5. The molecule has 0 spiro atoms. The van der Waals surface area contributed by atoms with E-state index in [2.05, 4.69) is 0 Å². The molecule has 17 heavy (non-hydrogen) atoms. The predicted octanol–water partition coefficient (Wildman–Crippen LogP) is -1.58. The van der Waals surface area contributed by atoms with Gasteiger partial charge >= 0.3 is 0 Å². The van der Waals surface area contributed by atoms with Crippen LogP contribution in [-0.4, -0.2) is 83.1 Å². The van der Waals surface area contributed by atoms with Crippen molar-refractivity contribution in [2.75, 3.05) is 27.2 Å². The molecule has 0 radical (unpaired) electrons. The second-order valence-corrected chi connectivity index (χ2v) is 4.76. The molecular formula is C11H25NO5. The van der Waals surface area contributed by atoms with E-state index in [1.165, 1.54) is 0 Å². The van der Waals surface area contributed by atoms with Crippen molar-refractivity contribution in [3.05, 3.63) is 0 Å². The summed E-state index contributed by atoms with van der Waals surface area (Å²) >= 11 is 0. The Morgan fingerprint density at radius 2 is 1.41 bits per heavy atom. The lowest BCUT2D eigenvalue weighted by Crippen LogP contribution is -2.49. The van der Waals surface area contributed by atoms with Crippen LogP contribution in [0.25, 0.3) is 0 Å². The maximum absolute atomic E-state index is 9.63. The molecule has 0 amide bonds. The van der Waals surface area contributed by atoms with Gasteiger partial charge in [0.25, 0.3) is 0 Å². The summed E-state index contributed by atoms with van der Waals surface area (Å²) in [5, 5.41) is 38.4. The molecule has 4 atom stereocenters. The third-order valence-electron chi connectivity index (χ3n) is 2.29. The molecule has 6 nitrogen and oxygen atoms in total. The summed E-state index contributed by atoms with van der Waals surface area (Å²) in [5.41, 5.74) is 0. The molecule has 0 aliphatic carbocycles. The van der Waals surface area contributed by atoms with Crippen molar-refractivity contribution < 1.29 is 25.2 Å². The van der Waals surface area contributed by atoms with Crippen molar-refractivity contribution in [3.8, 4) is 0 Å². The van der Waals surface area contributed by atoms with Gasteiger partial charge in [0.15, 0.2) is 0 Å². The van der Waals surface area contributed by atoms with Gasteiger partial charge in [-0.15, -0.1) is 0 Å². The van der Waals surface area contributed by atoms with Crippen LogP contribution in [0.5, 0.6) is 0 Å². The molecule has 1 unspecified atom stereocenters. The quantitative estimate of drug-likeness (QED) is 0.416. The van der Waals surface area contributed by atoms with E-state index in [1.807, 2.05) is 0 Å². The summed E-state index contributed by atoms with van der Waals surface area (Å²) in [4.78, 5) is 1.68. The second-order valence-electron chi connectivity index (χ2n) is 4.76. The third-order valence-corrected chi connectivity index (χ3v) is 2.29. The lowest BCUT2D eigenvalue weighted by molar-refractivity contribution is -0.128. The minimum absolute atomic E-state index is 0.0688. The fourth-order valence-corrected chi connectivity index (χ4v) is 1.33. The first-order valence-corrected chi connectivity index (χ1v) is 5.74. The number of hydrogen-bond acceptors (Lipinski definition) is 6. The van der Waals surface area contributed by atoms with Gasteiger partial charge in [0, 0.05) is 6.54 Å². The minimum atomic E-state index is -1.43. The van der Waals surface area contributed by atoms with E-state index in [9.17, 15) is 20.4 Å². The van der Waals surface area contributed by atoms with Gasteiger partial charge in [-0.2, -0.15) is 0 Å². The van der Waals surface area contributed by atoms with Crippen LogP contribution in [0.2, 0.25) is 0 Å². The van der Waals surface area contributed by atoms with Crippen molar-refractivity contribution in [3.63, 3.8) is 0 Å². The molecule has 4 N–H and O–H groups in total. The first-order valence-electron chi connectivity index (χ1n) is 5.74. The van der Waals surface area contributed by atoms with Gasteiger partial charge in [0.1, 0.15) is 18.3 Å². The van der Waals surface area contributed by atoms with E-state index in [4.69, 9.17) is 4.74 Å². The van der Waals surface area contributed by atoms with Gasteiger partial charge < -0.3 is 30.1 Å². The van der Waals surface area contributed by atoms with Crippen LogP contribution < -0.4 is 0 Å². The van der Waals surface area contributed by atoms with E-state index in [0.29, 0.717) is 0 Å². The van der Waals surface area contributed by atoms with Crippen LogP contribution >= 0.6 is 0 Å². The molecule has 0 aromatic rings. The standard InChI is InChI=1S/C11H25NO5/c1-7(2)17-6-9(14)11(16)10(15)8(13)5-12(3)4/h7-11,13-16H,5-6H2,1-4H3/t8?,9-,10-,11-/m1/s1. The van der Waals surface area contributed by atoms with E-state index in [0.717, 1.165) is 0 Å². The Morgan fingerprint density at radius 3 is 1.82 bits per heavy atom. The molecule has 0 aromatic carbocycles. The predicted molar refractivity (Wildman–Crippen MR) is 63.7 cm³/mol. The normalized spacial score (nSPS) is 19.4. The fraction of sp³-hybridized carbons (Fsp3) is 1.00. The summed E-state index contributed by atoms with van der Waals surface area (Å²) in [7, 11) is 3.47. The Balaban J connectivity index is 4.13. The van der Waals surface area contributed by atoms with E-state index < -0.39 is 24.4 Å². The average Bonchev–Trinajstić information content (AvgIpc) is 2.22. The first kappa shape index (κ1) is 16.8. The zero-order valence-electron chi connectivity index (χ0n) is 10.9. The number of rotatable bonds is 8. The Hall–Kier alpha value is -0.240. The van der Waals surface area contributed by atoms with Crippen LogP contribution in [0.15, 0.2) is 0 Å². The van der Waals surface area contributed by atoms with Gasteiger partial charge in [-0.3, -0.25) is 0 Å². The van der Waals surface area contributed by atoms with Crippen LogP contribution in [0.1, 0.15) is 13.8 Å². The van der Waals surface area contributed by atoms with Crippen LogP contribution in [0.3, 0.4) is 0 Å². The van der Waals surface area contributed by atoms with Crippen molar-refractivity contribution >= 4 is 0 Å². The molecule has 104 valence electrons. The van der Waals surface area contributed by atoms with Crippen LogP contribution in [0.4, 0.5) is 0 Å². The first-order chi connectivity index (χ1) is 7.75. The maximum atomic E-state index is 9.63. The maximum Gasteiger partial charge on any atom is 0.111 e. The molecule has 0 saturated carbocycles. The number of aliphatic hydroxyl groups is 4. The summed E-state index contributed by atoms with van der Waals surface area (Å²) in [6.45, 7) is 3.73. The van der Waals surface area contributed by atoms with Crippen molar-refractivity contribution in [1.82, 2.24) is 4.90 Å².